The van der Waals surface area contributed by atoms with E-state index in [0.29, 0.717) is 28.4 Å². The number of pyridine rings is 1. The fourth-order valence-electron chi connectivity index (χ4n) is 3.11. The number of halogens is 1. The quantitative estimate of drug-likeness (QED) is 0.492. The van der Waals surface area contributed by atoms with Gasteiger partial charge in [-0.1, -0.05) is 11.6 Å². The fraction of sp³-hybridized carbons (Fsp3) is 0.214. The molecule has 22 heavy (non-hydrogen) atoms. The number of aromatic nitrogens is 3. The molecule has 0 fully saturated rings. The van der Waals surface area contributed by atoms with Crippen molar-refractivity contribution in [2.75, 3.05) is 6.54 Å². The molecule has 1 amide bonds. The molecule has 0 radical (unpaired) electrons. The number of carbonyl (C=O) groups excluding carboxylic acids is 1. The van der Waals surface area contributed by atoms with E-state index in [1.807, 2.05) is 0 Å². The first-order valence-electron chi connectivity index (χ1n) is 6.74. The van der Waals surface area contributed by atoms with Crippen LogP contribution >= 0.6 is 11.6 Å². The Kier molecular flexibility index (Phi) is 2.53. The van der Waals surface area contributed by atoms with E-state index in [9.17, 15) is 14.8 Å². The minimum absolute atomic E-state index is 0.173. The summed E-state index contributed by atoms with van der Waals surface area (Å²) in [7, 11) is 1.59. The number of hydrogen-bond donors (Lipinski definition) is 1. The van der Waals surface area contributed by atoms with E-state index < -0.39 is 0 Å². The van der Waals surface area contributed by atoms with Gasteiger partial charge in [0.15, 0.2) is 0 Å². The Morgan fingerprint density at radius 2 is 2.14 bits per heavy atom. The van der Waals surface area contributed by atoms with E-state index in [-0.39, 0.29) is 33.8 Å². The van der Waals surface area contributed by atoms with Crippen molar-refractivity contribution in [3.63, 3.8) is 0 Å². The molecule has 3 aliphatic rings. The zero-order valence-electron chi connectivity index (χ0n) is 11.6. The molecule has 1 N–H and O–H groups in total. The van der Waals surface area contributed by atoms with Crippen molar-refractivity contribution in [2.24, 2.45) is 7.05 Å². The Morgan fingerprint density at radius 1 is 1.36 bits per heavy atom. The largest absolute Gasteiger partial charge is 0.710 e. The highest BCUT2D eigenvalue weighted by Gasteiger charge is 2.36. The Morgan fingerprint density at radius 3 is 2.91 bits per heavy atom. The minimum atomic E-state index is -0.346. The SMILES string of the molecule is Cn1c2[n+]([O-])c3ccc(Cl)cc3c(=O)c-2c2n1C(=O)NCC2. The molecule has 1 aromatic carbocycles. The first-order valence-corrected chi connectivity index (χ1v) is 7.12. The molecular weight excluding hydrogens is 308 g/mol. The highest BCUT2D eigenvalue weighted by Crippen LogP contribution is 2.26. The zero-order valence-corrected chi connectivity index (χ0v) is 12.3. The smallest absolute Gasteiger partial charge is 0.357 e. The summed E-state index contributed by atoms with van der Waals surface area (Å²) in [6.07, 6.45) is 0.490. The number of rotatable bonds is 0. The first-order chi connectivity index (χ1) is 10.5. The average molecular weight is 319 g/mol. The molecule has 0 saturated carbocycles. The monoisotopic (exact) mass is 318 g/mol. The van der Waals surface area contributed by atoms with Gasteiger partial charge in [-0.25, -0.2) is 9.52 Å². The number of amides is 1. The number of carbonyl (C=O) groups is 1. The van der Waals surface area contributed by atoms with E-state index in [4.69, 9.17) is 11.6 Å². The normalized spacial score (nSPS) is 14.4. The Labute approximate surface area is 129 Å². The molecule has 0 bridgehead atoms. The lowest BCUT2D eigenvalue weighted by Gasteiger charge is -2.13. The van der Waals surface area contributed by atoms with Crippen LogP contribution < -0.4 is 15.5 Å². The van der Waals surface area contributed by atoms with Crippen molar-refractivity contribution in [3.8, 4) is 11.4 Å². The second-order valence-corrected chi connectivity index (χ2v) is 5.68. The molecule has 3 aliphatic heterocycles. The Hall–Kier alpha value is -2.54. The van der Waals surface area contributed by atoms with Gasteiger partial charge in [0.2, 0.25) is 5.43 Å². The van der Waals surface area contributed by atoms with Gasteiger partial charge in [0.05, 0.1) is 11.1 Å². The van der Waals surface area contributed by atoms with E-state index in [2.05, 4.69) is 5.32 Å². The second kappa shape index (κ2) is 4.23. The Balaban J connectivity index is 2.29. The molecule has 7 nitrogen and oxygen atoms in total. The lowest BCUT2D eigenvalue weighted by atomic mass is 10.1. The summed E-state index contributed by atoms with van der Waals surface area (Å²) in [5, 5.41) is 16.0. The molecule has 4 rings (SSSR count). The van der Waals surface area contributed by atoms with Gasteiger partial charge in [0, 0.05) is 18.0 Å². The molecule has 0 aromatic heterocycles. The van der Waals surface area contributed by atoms with Crippen molar-refractivity contribution in [1.82, 2.24) is 14.7 Å². The highest BCUT2D eigenvalue weighted by molar-refractivity contribution is 6.31. The van der Waals surface area contributed by atoms with Crippen LogP contribution in [-0.4, -0.2) is 21.9 Å². The van der Waals surface area contributed by atoms with Crippen LogP contribution in [0.4, 0.5) is 4.79 Å². The van der Waals surface area contributed by atoms with Crippen LogP contribution in [0.2, 0.25) is 5.02 Å². The second-order valence-electron chi connectivity index (χ2n) is 5.25. The van der Waals surface area contributed by atoms with Crippen molar-refractivity contribution in [2.45, 2.75) is 6.42 Å². The standard InChI is InChI=1S/C14H11ClN4O3/c1-17-13-11(10-4-5-16-14(21)18(10)17)12(20)8-6-7(15)2-3-9(8)19(13)22/h2-3,6H,4-5H2,1H3,(H,16,21). The average Bonchev–Trinajstić information content (AvgIpc) is 2.79. The van der Waals surface area contributed by atoms with Crippen LogP contribution in [-0.2, 0) is 13.5 Å². The molecule has 0 saturated heterocycles. The fourth-order valence-corrected chi connectivity index (χ4v) is 3.28. The van der Waals surface area contributed by atoms with Gasteiger partial charge in [0.25, 0.3) is 0 Å². The summed E-state index contributed by atoms with van der Waals surface area (Å²) in [5.41, 5.74) is 0.791. The van der Waals surface area contributed by atoms with Crippen molar-refractivity contribution >= 4 is 28.5 Å². The maximum Gasteiger partial charge on any atom is 0.357 e. The molecule has 0 unspecified atom stereocenters. The van der Waals surface area contributed by atoms with Crippen LogP contribution in [0.3, 0.4) is 0 Å². The van der Waals surface area contributed by atoms with Gasteiger partial charge < -0.3 is 10.5 Å². The lowest BCUT2D eigenvalue weighted by Crippen LogP contribution is -2.40. The summed E-state index contributed by atoms with van der Waals surface area (Å²) in [5.74, 6) is 0.173. The topological polar surface area (TPSA) is 83.0 Å². The molecule has 3 heterocycles. The minimum Gasteiger partial charge on any atom is -0.710 e. The van der Waals surface area contributed by atoms with Gasteiger partial charge in [-0.3, -0.25) is 4.79 Å². The predicted molar refractivity (Wildman–Crippen MR) is 80.3 cm³/mol. The summed E-state index contributed by atoms with van der Waals surface area (Å²) in [6, 6.07) is 4.22. The summed E-state index contributed by atoms with van der Waals surface area (Å²) >= 11 is 5.94. The van der Waals surface area contributed by atoms with Crippen molar-refractivity contribution in [1.29, 1.82) is 0 Å². The lowest BCUT2D eigenvalue weighted by molar-refractivity contribution is -0.569. The molecular formula is C14H11ClN4O3. The summed E-state index contributed by atoms with van der Waals surface area (Å²) in [4.78, 5) is 24.9. The van der Waals surface area contributed by atoms with E-state index in [1.165, 1.54) is 21.5 Å². The first kappa shape index (κ1) is 13.1. The molecule has 0 aliphatic carbocycles. The van der Waals surface area contributed by atoms with E-state index in [1.54, 1.807) is 13.1 Å². The number of hydrogen-bond acceptors (Lipinski definition) is 3. The van der Waals surface area contributed by atoms with Crippen LogP contribution in [0.25, 0.3) is 22.3 Å². The van der Waals surface area contributed by atoms with E-state index >= 15 is 0 Å². The van der Waals surface area contributed by atoms with Gasteiger partial charge in [-0.05, 0) is 18.2 Å². The number of nitrogens with one attached hydrogen (secondary N) is 1. The predicted octanol–water partition coefficient (Wildman–Crippen LogP) is 0.845. The number of nitrogens with zero attached hydrogens (tertiary/aromatic N) is 3. The molecule has 1 aromatic rings. The molecule has 0 spiro atoms. The zero-order chi connectivity index (χ0) is 15.6. The van der Waals surface area contributed by atoms with Crippen LogP contribution in [0, 0.1) is 5.21 Å². The molecule has 112 valence electrons. The number of fused-ring (bicyclic) bond motifs is 4. The third-order valence-corrected chi connectivity index (χ3v) is 4.28. The molecule has 0 atom stereocenters. The van der Waals surface area contributed by atoms with Gasteiger partial charge in [-0.15, -0.1) is 9.36 Å². The van der Waals surface area contributed by atoms with Crippen LogP contribution in [0.1, 0.15) is 5.69 Å². The highest BCUT2D eigenvalue weighted by atomic mass is 35.5. The van der Waals surface area contributed by atoms with Gasteiger partial charge in [-0.2, -0.15) is 0 Å². The van der Waals surface area contributed by atoms with Gasteiger partial charge in [0.1, 0.15) is 18.1 Å². The summed E-state index contributed by atoms with van der Waals surface area (Å²) < 4.78 is 3.44. The van der Waals surface area contributed by atoms with Crippen molar-refractivity contribution in [3.05, 3.63) is 44.3 Å². The third kappa shape index (κ3) is 1.48. The van der Waals surface area contributed by atoms with Crippen molar-refractivity contribution < 1.29 is 9.52 Å². The number of benzene rings is 1. The Bertz CT molecular complexity index is 988. The third-order valence-electron chi connectivity index (χ3n) is 4.05. The van der Waals surface area contributed by atoms with E-state index in [0.717, 1.165) is 0 Å². The van der Waals surface area contributed by atoms with Gasteiger partial charge >= 0.3 is 11.9 Å². The maximum absolute atomic E-state index is 12.8. The maximum atomic E-state index is 12.8. The molecule has 8 heteroatoms. The van der Waals surface area contributed by atoms with Crippen LogP contribution in [0.15, 0.2) is 23.0 Å². The summed E-state index contributed by atoms with van der Waals surface area (Å²) in [6.45, 7) is 0.434. The van der Waals surface area contributed by atoms with Crippen LogP contribution in [0.5, 0.6) is 0 Å².